The van der Waals surface area contributed by atoms with Gasteiger partial charge in [-0.3, -0.25) is 4.90 Å². The third-order valence-corrected chi connectivity index (χ3v) is 1.47. The van der Waals surface area contributed by atoms with Crippen LogP contribution in [0.3, 0.4) is 0 Å². The number of esters is 1. The summed E-state index contributed by atoms with van der Waals surface area (Å²) >= 11 is 0. The molecule has 0 bridgehead atoms. The second-order valence-corrected chi connectivity index (χ2v) is 3.22. The van der Waals surface area contributed by atoms with Gasteiger partial charge in [0.15, 0.2) is 0 Å². The number of methoxy groups -OCH3 is 1. The molecule has 0 aliphatic rings. The van der Waals surface area contributed by atoms with Crippen molar-refractivity contribution in [3.63, 3.8) is 0 Å². The SMILES string of the molecule is C=C(C)CN(C)CC(=C)C(=O)OC. The average Bonchev–Trinajstić information content (AvgIpc) is 2.01. The standard InChI is InChI=1S/C10H17NO2/c1-8(2)6-11(4)7-9(3)10(12)13-5/h1,3,6-7H2,2,4-5H3. The molecule has 0 saturated heterocycles. The molecule has 0 aromatic heterocycles. The summed E-state index contributed by atoms with van der Waals surface area (Å²) in [7, 11) is 3.26. The molecule has 0 unspecified atom stereocenters. The van der Waals surface area contributed by atoms with Crippen molar-refractivity contribution in [2.75, 3.05) is 27.2 Å². The molecule has 13 heavy (non-hydrogen) atoms. The van der Waals surface area contributed by atoms with Gasteiger partial charge in [0, 0.05) is 18.7 Å². The van der Waals surface area contributed by atoms with Crippen LogP contribution in [0.4, 0.5) is 0 Å². The van der Waals surface area contributed by atoms with Crippen molar-refractivity contribution in [1.29, 1.82) is 0 Å². The zero-order valence-corrected chi connectivity index (χ0v) is 8.59. The van der Waals surface area contributed by atoms with Crippen molar-refractivity contribution >= 4 is 5.97 Å². The van der Waals surface area contributed by atoms with Crippen LogP contribution >= 0.6 is 0 Å². The second kappa shape index (κ2) is 5.54. The van der Waals surface area contributed by atoms with Crippen molar-refractivity contribution < 1.29 is 9.53 Å². The fourth-order valence-corrected chi connectivity index (χ4v) is 1.05. The highest BCUT2D eigenvalue weighted by Crippen LogP contribution is 1.99. The first-order chi connectivity index (χ1) is 5.97. The lowest BCUT2D eigenvalue weighted by Gasteiger charge is -2.16. The highest BCUT2D eigenvalue weighted by Gasteiger charge is 2.08. The molecule has 0 fully saturated rings. The maximum absolute atomic E-state index is 11.0. The van der Waals surface area contributed by atoms with E-state index in [-0.39, 0.29) is 5.97 Å². The van der Waals surface area contributed by atoms with Crippen molar-refractivity contribution in [2.24, 2.45) is 0 Å². The first kappa shape index (κ1) is 11.9. The van der Waals surface area contributed by atoms with Crippen LogP contribution in [0.2, 0.25) is 0 Å². The van der Waals surface area contributed by atoms with Gasteiger partial charge < -0.3 is 4.74 Å². The van der Waals surface area contributed by atoms with E-state index in [1.165, 1.54) is 7.11 Å². The third kappa shape index (κ3) is 5.20. The summed E-state index contributed by atoms with van der Waals surface area (Å²) in [5.41, 5.74) is 1.52. The minimum atomic E-state index is -0.353. The van der Waals surface area contributed by atoms with Crippen LogP contribution in [0.15, 0.2) is 24.3 Å². The molecule has 0 N–H and O–H groups in total. The van der Waals surface area contributed by atoms with Gasteiger partial charge in [-0.05, 0) is 14.0 Å². The predicted molar refractivity (Wildman–Crippen MR) is 53.5 cm³/mol. The van der Waals surface area contributed by atoms with Gasteiger partial charge in [0.25, 0.3) is 0 Å². The molecule has 0 aromatic carbocycles. The Bertz CT molecular complexity index is 221. The van der Waals surface area contributed by atoms with Crippen LogP contribution in [0.25, 0.3) is 0 Å². The molecule has 0 heterocycles. The Labute approximate surface area is 79.7 Å². The zero-order valence-electron chi connectivity index (χ0n) is 8.59. The molecule has 0 aliphatic carbocycles. The fourth-order valence-electron chi connectivity index (χ4n) is 1.05. The Morgan fingerprint density at radius 1 is 1.38 bits per heavy atom. The lowest BCUT2D eigenvalue weighted by atomic mass is 10.2. The monoisotopic (exact) mass is 183 g/mol. The summed E-state index contributed by atoms with van der Waals surface area (Å²) in [5.74, 6) is -0.353. The fraction of sp³-hybridized carbons (Fsp3) is 0.500. The molecule has 3 nitrogen and oxygen atoms in total. The summed E-state index contributed by atoms with van der Waals surface area (Å²) < 4.78 is 4.53. The van der Waals surface area contributed by atoms with E-state index >= 15 is 0 Å². The van der Waals surface area contributed by atoms with Gasteiger partial charge in [-0.25, -0.2) is 4.79 Å². The van der Waals surface area contributed by atoms with E-state index in [4.69, 9.17) is 0 Å². The topological polar surface area (TPSA) is 29.5 Å². The smallest absolute Gasteiger partial charge is 0.334 e. The van der Waals surface area contributed by atoms with Gasteiger partial charge in [0.1, 0.15) is 0 Å². The van der Waals surface area contributed by atoms with E-state index in [1.54, 1.807) is 0 Å². The number of carbonyl (C=O) groups excluding carboxylic acids is 1. The number of rotatable bonds is 5. The summed E-state index contributed by atoms with van der Waals surface area (Å²) in [6.07, 6.45) is 0. The Hall–Kier alpha value is -1.09. The first-order valence-electron chi connectivity index (χ1n) is 4.06. The largest absolute Gasteiger partial charge is 0.466 e. The third-order valence-electron chi connectivity index (χ3n) is 1.47. The lowest BCUT2D eigenvalue weighted by Crippen LogP contribution is -2.25. The van der Waals surface area contributed by atoms with Gasteiger partial charge in [-0.1, -0.05) is 18.7 Å². The van der Waals surface area contributed by atoms with Crippen LogP contribution in [0.1, 0.15) is 6.92 Å². The molecule has 0 rings (SSSR count). The van der Waals surface area contributed by atoms with E-state index < -0.39 is 0 Å². The van der Waals surface area contributed by atoms with E-state index in [2.05, 4.69) is 17.9 Å². The van der Waals surface area contributed by atoms with Crippen LogP contribution in [0, 0.1) is 0 Å². The van der Waals surface area contributed by atoms with E-state index in [0.29, 0.717) is 12.1 Å². The number of ether oxygens (including phenoxy) is 1. The first-order valence-corrected chi connectivity index (χ1v) is 4.06. The molecule has 74 valence electrons. The minimum Gasteiger partial charge on any atom is -0.466 e. The number of nitrogens with zero attached hydrogens (tertiary/aromatic N) is 1. The lowest BCUT2D eigenvalue weighted by molar-refractivity contribution is -0.136. The molecule has 0 aliphatic heterocycles. The average molecular weight is 183 g/mol. The summed E-state index contributed by atoms with van der Waals surface area (Å²) in [6.45, 7) is 10.6. The molecule has 0 atom stereocenters. The van der Waals surface area contributed by atoms with E-state index in [1.807, 2.05) is 18.9 Å². The van der Waals surface area contributed by atoms with Crippen molar-refractivity contribution in [3.8, 4) is 0 Å². The molecule has 0 spiro atoms. The summed E-state index contributed by atoms with van der Waals surface area (Å²) in [4.78, 5) is 12.9. The molecule has 0 saturated carbocycles. The van der Waals surface area contributed by atoms with Crippen LogP contribution in [-0.2, 0) is 9.53 Å². The normalized spacial score (nSPS) is 9.85. The maximum atomic E-state index is 11.0. The highest BCUT2D eigenvalue weighted by molar-refractivity contribution is 5.88. The van der Waals surface area contributed by atoms with Gasteiger partial charge >= 0.3 is 5.97 Å². The highest BCUT2D eigenvalue weighted by atomic mass is 16.5. The van der Waals surface area contributed by atoms with Crippen molar-refractivity contribution in [3.05, 3.63) is 24.3 Å². The van der Waals surface area contributed by atoms with Gasteiger partial charge in [-0.2, -0.15) is 0 Å². The van der Waals surface area contributed by atoms with Crippen molar-refractivity contribution in [1.82, 2.24) is 4.90 Å². The Morgan fingerprint density at radius 2 is 1.92 bits per heavy atom. The number of likely N-dealkylation sites (N-methyl/N-ethyl adjacent to an activating group) is 1. The minimum absolute atomic E-state index is 0.353. The van der Waals surface area contributed by atoms with E-state index in [9.17, 15) is 4.79 Å². The van der Waals surface area contributed by atoms with Crippen LogP contribution in [-0.4, -0.2) is 38.1 Å². The zero-order chi connectivity index (χ0) is 10.4. The maximum Gasteiger partial charge on any atom is 0.334 e. The molecular weight excluding hydrogens is 166 g/mol. The Morgan fingerprint density at radius 3 is 2.31 bits per heavy atom. The molecule has 0 aromatic rings. The number of hydrogen-bond acceptors (Lipinski definition) is 3. The molecule has 0 radical (unpaired) electrons. The van der Waals surface area contributed by atoms with Crippen molar-refractivity contribution in [2.45, 2.75) is 6.92 Å². The quantitative estimate of drug-likeness (QED) is 0.364. The second-order valence-electron chi connectivity index (χ2n) is 3.22. The van der Waals surface area contributed by atoms with Gasteiger partial charge in [-0.15, -0.1) is 0 Å². The number of hydrogen-bond donors (Lipinski definition) is 0. The summed E-state index contributed by atoms with van der Waals surface area (Å²) in [6, 6.07) is 0. The van der Waals surface area contributed by atoms with Gasteiger partial charge in [0.2, 0.25) is 0 Å². The molecule has 3 heteroatoms. The molecular formula is C10H17NO2. The Balaban J connectivity index is 3.91. The number of carbonyl (C=O) groups is 1. The molecule has 0 amide bonds. The Kier molecular flexibility index (Phi) is 5.07. The summed E-state index contributed by atoms with van der Waals surface area (Å²) in [5, 5.41) is 0. The van der Waals surface area contributed by atoms with E-state index in [0.717, 1.165) is 12.1 Å². The van der Waals surface area contributed by atoms with Gasteiger partial charge in [0.05, 0.1) is 7.11 Å². The predicted octanol–water partition coefficient (Wildman–Crippen LogP) is 1.22. The van der Waals surface area contributed by atoms with Crippen LogP contribution in [0.5, 0.6) is 0 Å². The van der Waals surface area contributed by atoms with Crippen LogP contribution < -0.4 is 0 Å².